The van der Waals surface area contributed by atoms with Gasteiger partial charge in [0.1, 0.15) is 0 Å². The lowest BCUT2D eigenvalue weighted by atomic mass is 10.1. The first-order valence-electron chi connectivity index (χ1n) is 5.23. The van der Waals surface area contributed by atoms with E-state index >= 15 is 0 Å². The zero-order valence-electron chi connectivity index (χ0n) is 8.79. The van der Waals surface area contributed by atoms with Crippen LogP contribution in [0.3, 0.4) is 0 Å². The van der Waals surface area contributed by atoms with Crippen LogP contribution in [-0.4, -0.2) is 18.5 Å². The van der Waals surface area contributed by atoms with Crippen LogP contribution >= 0.6 is 11.6 Å². The van der Waals surface area contributed by atoms with Gasteiger partial charge in [-0.3, -0.25) is 4.79 Å². The molecule has 0 saturated carbocycles. The molecular formula is C11H14ClN3O. The predicted octanol–water partition coefficient (Wildman–Crippen LogP) is 1.61. The molecule has 1 amide bonds. The lowest BCUT2D eigenvalue weighted by Gasteiger charge is -2.25. The fourth-order valence-corrected chi connectivity index (χ4v) is 1.92. The topological polar surface area (TPSA) is 67.1 Å². The minimum atomic E-state index is 0.113. The summed E-state index contributed by atoms with van der Waals surface area (Å²) in [5.74, 6) is 0.113. The Morgan fingerprint density at radius 3 is 2.94 bits per heavy atom. The molecule has 4 N–H and O–H groups in total. The van der Waals surface area contributed by atoms with Gasteiger partial charge in [-0.05, 0) is 24.6 Å². The summed E-state index contributed by atoms with van der Waals surface area (Å²) in [5, 5.41) is 6.74. The summed E-state index contributed by atoms with van der Waals surface area (Å²) in [6.07, 6.45) is 1.39. The minimum absolute atomic E-state index is 0.113. The number of carbonyl (C=O) groups is 1. The van der Waals surface area contributed by atoms with Gasteiger partial charge in [0.25, 0.3) is 0 Å². The Morgan fingerprint density at radius 2 is 2.31 bits per heavy atom. The number of halogens is 1. The Kier molecular flexibility index (Phi) is 3.19. The molecule has 4 nitrogen and oxygen atoms in total. The number of benzene rings is 1. The Hall–Kier alpha value is -1.42. The van der Waals surface area contributed by atoms with Crippen molar-refractivity contribution >= 4 is 28.9 Å². The van der Waals surface area contributed by atoms with E-state index in [0.29, 0.717) is 23.7 Å². The molecule has 86 valence electrons. The second-order valence-corrected chi connectivity index (χ2v) is 4.35. The largest absolute Gasteiger partial charge is 0.397 e. The van der Waals surface area contributed by atoms with Gasteiger partial charge in [0.15, 0.2) is 0 Å². The predicted molar refractivity (Wildman–Crippen MR) is 65.5 cm³/mol. The molecule has 1 atom stereocenters. The third kappa shape index (κ3) is 2.58. The van der Waals surface area contributed by atoms with Crippen molar-refractivity contribution < 1.29 is 4.79 Å². The van der Waals surface area contributed by atoms with Crippen molar-refractivity contribution in [3.63, 3.8) is 0 Å². The normalized spacial score (nSPS) is 20.3. The standard InChI is InChI=1S/C11H14ClN3O/c12-7-1-3-10(9(13)5-7)15-8-2-4-11(16)14-6-8/h1,3,5,8,15H,2,4,6,13H2,(H,14,16). The van der Waals surface area contributed by atoms with Gasteiger partial charge in [0.05, 0.1) is 11.4 Å². The van der Waals surface area contributed by atoms with Gasteiger partial charge >= 0.3 is 0 Å². The van der Waals surface area contributed by atoms with E-state index in [0.717, 1.165) is 12.1 Å². The molecule has 0 aromatic heterocycles. The molecular weight excluding hydrogens is 226 g/mol. The molecule has 1 aromatic rings. The van der Waals surface area contributed by atoms with Crippen molar-refractivity contribution in [2.75, 3.05) is 17.6 Å². The Balaban J connectivity index is 2.01. The second-order valence-electron chi connectivity index (χ2n) is 3.92. The maximum Gasteiger partial charge on any atom is 0.220 e. The number of nitrogen functional groups attached to an aromatic ring is 1. The summed E-state index contributed by atoms with van der Waals surface area (Å²) in [4.78, 5) is 11.0. The van der Waals surface area contributed by atoms with Crippen LogP contribution in [0.1, 0.15) is 12.8 Å². The summed E-state index contributed by atoms with van der Waals surface area (Å²) >= 11 is 5.81. The van der Waals surface area contributed by atoms with E-state index in [1.807, 2.05) is 6.07 Å². The molecule has 16 heavy (non-hydrogen) atoms. The zero-order valence-corrected chi connectivity index (χ0v) is 9.55. The van der Waals surface area contributed by atoms with E-state index in [1.165, 1.54) is 0 Å². The molecule has 0 bridgehead atoms. The van der Waals surface area contributed by atoms with E-state index in [1.54, 1.807) is 12.1 Å². The van der Waals surface area contributed by atoms with E-state index in [2.05, 4.69) is 10.6 Å². The molecule has 5 heteroatoms. The number of carbonyl (C=O) groups excluding carboxylic acids is 1. The molecule has 2 rings (SSSR count). The quantitative estimate of drug-likeness (QED) is 0.687. The number of amides is 1. The van der Waals surface area contributed by atoms with Gasteiger partial charge in [0.2, 0.25) is 5.91 Å². The second kappa shape index (κ2) is 4.61. The number of nitrogens with one attached hydrogen (secondary N) is 2. The van der Waals surface area contributed by atoms with Crippen LogP contribution in [0.15, 0.2) is 18.2 Å². The van der Waals surface area contributed by atoms with Crippen LogP contribution in [0, 0.1) is 0 Å². The molecule has 1 saturated heterocycles. The Bertz CT molecular complexity index is 398. The van der Waals surface area contributed by atoms with Crippen molar-refractivity contribution in [1.82, 2.24) is 5.32 Å². The third-order valence-corrected chi connectivity index (χ3v) is 2.87. The fourth-order valence-electron chi connectivity index (χ4n) is 1.74. The van der Waals surface area contributed by atoms with E-state index in [9.17, 15) is 4.79 Å². The number of anilines is 2. The number of hydrogen-bond donors (Lipinski definition) is 3. The van der Waals surface area contributed by atoms with Crippen molar-refractivity contribution in [2.24, 2.45) is 0 Å². The van der Waals surface area contributed by atoms with Gasteiger partial charge in [-0.15, -0.1) is 0 Å². The first-order chi connectivity index (χ1) is 7.65. The average Bonchev–Trinajstić information content (AvgIpc) is 2.25. The van der Waals surface area contributed by atoms with E-state index < -0.39 is 0 Å². The lowest BCUT2D eigenvalue weighted by molar-refractivity contribution is -0.122. The molecule has 1 aliphatic heterocycles. The molecule has 1 heterocycles. The monoisotopic (exact) mass is 239 g/mol. The summed E-state index contributed by atoms with van der Waals surface area (Å²) in [7, 11) is 0. The van der Waals surface area contributed by atoms with Gasteiger partial charge < -0.3 is 16.4 Å². The molecule has 1 fully saturated rings. The molecule has 1 unspecified atom stereocenters. The van der Waals surface area contributed by atoms with E-state index in [-0.39, 0.29) is 11.9 Å². The summed E-state index contributed by atoms with van der Waals surface area (Å²) in [5.41, 5.74) is 7.33. The number of piperidine rings is 1. The van der Waals surface area contributed by atoms with Crippen LogP contribution in [0.2, 0.25) is 5.02 Å². The van der Waals surface area contributed by atoms with E-state index in [4.69, 9.17) is 17.3 Å². The maximum atomic E-state index is 11.0. The SMILES string of the molecule is Nc1cc(Cl)ccc1NC1CCC(=O)NC1. The highest BCUT2D eigenvalue weighted by Crippen LogP contribution is 2.24. The van der Waals surface area contributed by atoms with Gasteiger partial charge in [-0.25, -0.2) is 0 Å². The number of hydrogen-bond acceptors (Lipinski definition) is 3. The third-order valence-electron chi connectivity index (χ3n) is 2.64. The summed E-state index contributed by atoms with van der Waals surface area (Å²) in [6, 6.07) is 5.60. The fraction of sp³-hybridized carbons (Fsp3) is 0.364. The van der Waals surface area contributed by atoms with Crippen molar-refractivity contribution in [3.8, 4) is 0 Å². The van der Waals surface area contributed by atoms with Crippen LogP contribution in [0.4, 0.5) is 11.4 Å². The lowest BCUT2D eigenvalue weighted by Crippen LogP contribution is -2.41. The van der Waals surface area contributed by atoms with Gasteiger partial charge in [-0.2, -0.15) is 0 Å². The highest BCUT2D eigenvalue weighted by molar-refractivity contribution is 6.31. The molecule has 0 spiro atoms. The number of nitrogens with two attached hydrogens (primary N) is 1. The first-order valence-corrected chi connectivity index (χ1v) is 5.61. The Morgan fingerprint density at radius 1 is 1.50 bits per heavy atom. The summed E-state index contributed by atoms with van der Waals surface area (Å²) in [6.45, 7) is 0.640. The molecule has 0 radical (unpaired) electrons. The van der Waals surface area contributed by atoms with Crippen molar-refractivity contribution in [2.45, 2.75) is 18.9 Å². The van der Waals surface area contributed by atoms with Gasteiger partial charge in [0, 0.05) is 24.0 Å². The van der Waals surface area contributed by atoms with Crippen LogP contribution in [0.25, 0.3) is 0 Å². The molecule has 0 aliphatic carbocycles. The smallest absolute Gasteiger partial charge is 0.220 e. The van der Waals surface area contributed by atoms with Crippen LogP contribution in [-0.2, 0) is 4.79 Å². The first kappa shape index (κ1) is 11.1. The molecule has 1 aliphatic rings. The van der Waals surface area contributed by atoms with Gasteiger partial charge in [-0.1, -0.05) is 11.6 Å². The Labute approximate surface area is 99.2 Å². The summed E-state index contributed by atoms with van der Waals surface area (Å²) < 4.78 is 0. The number of rotatable bonds is 2. The minimum Gasteiger partial charge on any atom is -0.397 e. The highest BCUT2D eigenvalue weighted by atomic mass is 35.5. The maximum absolute atomic E-state index is 11.0. The highest BCUT2D eigenvalue weighted by Gasteiger charge is 2.18. The van der Waals surface area contributed by atoms with Crippen molar-refractivity contribution in [3.05, 3.63) is 23.2 Å². The molecule has 1 aromatic carbocycles. The van der Waals surface area contributed by atoms with Crippen molar-refractivity contribution in [1.29, 1.82) is 0 Å². The van der Waals surface area contributed by atoms with Crippen LogP contribution < -0.4 is 16.4 Å². The van der Waals surface area contributed by atoms with Crippen LogP contribution in [0.5, 0.6) is 0 Å². The zero-order chi connectivity index (χ0) is 11.5. The average molecular weight is 240 g/mol.